The molecule has 3 atom stereocenters. The molecule has 1 aliphatic carbocycles. The first kappa shape index (κ1) is 12.1. The van der Waals surface area contributed by atoms with Crippen LogP contribution < -0.4 is 0 Å². The van der Waals surface area contributed by atoms with Crippen LogP contribution in [0.3, 0.4) is 0 Å². The normalized spacial score (nSPS) is 28.9. The zero-order valence-corrected chi connectivity index (χ0v) is 10.2. The van der Waals surface area contributed by atoms with Crippen LogP contribution in [0.2, 0.25) is 0 Å². The molecule has 0 bridgehead atoms. The van der Waals surface area contributed by atoms with Crippen molar-refractivity contribution >= 4 is 5.97 Å². The second-order valence-electron chi connectivity index (χ2n) is 4.92. The van der Waals surface area contributed by atoms with Crippen molar-refractivity contribution in [2.75, 3.05) is 0 Å². The molecule has 0 amide bonds. The van der Waals surface area contributed by atoms with Crippen molar-refractivity contribution in [3.05, 3.63) is 30.1 Å². The van der Waals surface area contributed by atoms with Gasteiger partial charge in [0.15, 0.2) is 0 Å². The number of pyridine rings is 1. The minimum absolute atomic E-state index is 0.139. The lowest BCUT2D eigenvalue weighted by Gasteiger charge is -2.33. The molecule has 1 aromatic rings. The lowest BCUT2D eigenvalue weighted by atomic mass is 9.71. The number of carboxylic acid groups (broad SMARTS) is 1. The van der Waals surface area contributed by atoms with Gasteiger partial charge in [-0.1, -0.05) is 19.4 Å². The van der Waals surface area contributed by atoms with Crippen LogP contribution in [0.1, 0.15) is 44.1 Å². The van der Waals surface area contributed by atoms with Crippen molar-refractivity contribution in [1.82, 2.24) is 4.98 Å². The Morgan fingerprint density at radius 2 is 2.35 bits per heavy atom. The topological polar surface area (TPSA) is 50.2 Å². The van der Waals surface area contributed by atoms with Crippen LogP contribution in [0.25, 0.3) is 0 Å². The molecular formula is C14H19NO2. The maximum atomic E-state index is 11.3. The van der Waals surface area contributed by atoms with E-state index in [4.69, 9.17) is 0 Å². The summed E-state index contributed by atoms with van der Waals surface area (Å²) in [6.07, 6.45) is 7.53. The second kappa shape index (κ2) is 5.30. The summed E-state index contributed by atoms with van der Waals surface area (Å²) in [5, 5.41) is 9.31. The van der Waals surface area contributed by atoms with Crippen LogP contribution in [0.4, 0.5) is 0 Å². The SMILES string of the molecule is CCC1CCC(C(=O)O)C(c2cccnc2)C1. The van der Waals surface area contributed by atoms with E-state index in [0.717, 1.165) is 31.2 Å². The van der Waals surface area contributed by atoms with E-state index in [1.165, 1.54) is 0 Å². The van der Waals surface area contributed by atoms with Gasteiger partial charge in [0.25, 0.3) is 0 Å². The van der Waals surface area contributed by atoms with Gasteiger partial charge in [0.2, 0.25) is 0 Å². The highest BCUT2D eigenvalue weighted by Crippen LogP contribution is 2.41. The Bertz CT molecular complexity index is 377. The Hall–Kier alpha value is -1.38. The monoisotopic (exact) mass is 233 g/mol. The molecule has 17 heavy (non-hydrogen) atoms. The maximum Gasteiger partial charge on any atom is 0.307 e. The molecule has 0 spiro atoms. The summed E-state index contributed by atoms with van der Waals surface area (Å²) in [4.78, 5) is 15.4. The lowest BCUT2D eigenvalue weighted by Crippen LogP contribution is -2.29. The van der Waals surface area contributed by atoms with Gasteiger partial charge in [-0.25, -0.2) is 0 Å². The van der Waals surface area contributed by atoms with Crippen LogP contribution in [0.15, 0.2) is 24.5 Å². The molecule has 1 aromatic heterocycles. The Balaban J connectivity index is 2.22. The third-order valence-corrected chi connectivity index (χ3v) is 3.97. The van der Waals surface area contributed by atoms with Crippen LogP contribution >= 0.6 is 0 Å². The smallest absolute Gasteiger partial charge is 0.307 e. The van der Waals surface area contributed by atoms with E-state index < -0.39 is 5.97 Å². The molecule has 1 aliphatic rings. The van der Waals surface area contributed by atoms with Gasteiger partial charge in [-0.3, -0.25) is 9.78 Å². The first-order valence-electron chi connectivity index (χ1n) is 6.35. The molecule has 1 saturated carbocycles. The molecule has 1 heterocycles. The van der Waals surface area contributed by atoms with E-state index in [2.05, 4.69) is 11.9 Å². The van der Waals surface area contributed by atoms with E-state index in [1.54, 1.807) is 6.20 Å². The Labute approximate surface area is 102 Å². The number of rotatable bonds is 3. The van der Waals surface area contributed by atoms with E-state index in [-0.39, 0.29) is 11.8 Å². The van der Waals surface area contributed by atoms with Crippen molar-refractivity contribution in [1.29, 1.82) is 0 Å². The average molecular weight is 233 g/mol. The zero-order valence-electron chi connectivity index (χ0n) is 10.2. The molecule has 1 fully saturated rings. The first-order valence-corrected chi connectivity index (χ1v) is 6.35. The molecule has 3 heteroatoms. The zero-order chi connectivity index (χ0) is 12.3. The van der Waals surface area contributed by atoms with Crippen molar-refractivity contribution in [2.45, 2.75) is 38.5 Å². The minimum atomic E-state index is -0.659. The number of nitrogens with zero attached hydrogens (tertiary/aromatic N) is 1. The third-order valence-electron chi connectivity index (χ3n) is 3.97. The molecule has 3 unspecified atom stereocenters. The predicted molar refractivity (Wildman–Crippen MR) is 65.7 cm³/mol. The second-order valence-corrected chi connectivity index (χ2v) is 4.92. The first-order chi connectivity index (χ1) is 8.22. The van der Waals surface area contributed by atoms with Crippen LogP contribution in [-0.2, 0) is 4.79 Å². The van der Waals surface area contributed by atoms with E-state index in [0.29, 0.717) is 5.92 Å². The quantitative estimate of drug-likeness (QED) is 0.872. The Kier molecular flexibility index (Phi) is 3.77. The van der Waals surface area contributed by atoms with Crippen molar-refractivity contribution in [3.63, 3.8) is 0 Å². The molecule has 0 saturated heterocycles. The highest BCUT2D eigenvalue weighted by atomic mass is 16.4. The van der Waals surface area contributed by atoms with Gasteiger partial charge in [0, 0.05) is 12.4 Å². The van der Waals surface area contributed by atoms with Gasteiger partial charge in [-0.05, 0) is 42.7 Å². The number of carboxylic acids is 1. The summed E-state index contributed by atoms with van der Waals surface area (Å²) in [5.41, 5.74) is 1.08. The third kappa shape index (κ3) is 2.65. The summed E-state index contributed by atoms with van der Waals surface area (Å²) in [7, 11) is 0. The van der Waals surface area contributed by atoms with Gasteiger partial charge in [0.05, 0.1) is 5.92 Å². The number of aliphatic carboxylic acids is 1. The lowest BCUT2D eigenvalue weighted by molar-refractivity contribution is -0.143. The van der Waals surface area contributed by atoms with Gasteiger partial charge >= 0.3 is 5.97 Å². The van der Waals surface area contributed by atoms with Crippen LogP contribution in [-0.4, -0.2) is 16.1 Å². The standard InChI is InChI=1S/C14H19NO2/c1-2-10-5-6-12(14(16)17)13(8-10)11-4-3-7-15-9-11/h3-4,7,9-10,12-13H,2,5-6,8H2,1H3,(H,16,17). The molecule has 2 rings (SSSR count). The average Bonchev–Trinajstić information content (AvgIpc) is 2.39. The minimum Gasteiger partial charge on any atom is -0.481 e. The fourth-order valence-electron chi connectivity index (χ4n) is 2.89. The highest BCUT2D eigenvalue weighted by Gasteiger charge is 2.35. The largest absolute Gasteiger partial charge is 0.481 e. The van der Waals surface area contributed by atoms with Crippen LogP contribution in [0, 0.1) is 11.8 Å². The van der Waals surface area contributed by atoms with E-state index in [1.807, 2.05) is 18.3 Å². The molecular weight excluding hydrogens is 214 g/mol. The van der Waals surface area contributed by atoms with Crippen molar-refractivity contribution in [3.8, 4) is 0 Å². The summed E-state index contributed by atoms with van der Waals surface area (Å²) in [6, 6.07) is 3.90. The van der Waals surface area contributed by atoms with Crippen LogP contribution in [0.5, 0.6) is 0 Å². The Morgan fingerprint density at radius 1 is 1.53 bits per heavy atom. The molecule has 1 N–H and O–H groups in total. The summed E-state index contributed by atoms with van der Waals surface area (Å²) in [5.74, 6) is -0.0916. The molecule has 3 nitrogen and oxygen atoms in total. The van der Waals surface area contributed by atoms with Gasteiger partial charge in [0.1, 0.15) is 0 Å². The highest BCUT2D eigenvalue weighted by molar-refractivity contribution is 5.71. The predicted octanol–water partition coefficient (Wildman–Crippen LogP) is 3.08. The summed E-state index contributed by atoms with van der Waals surface area (Å²) in [6.45, 7) is 2.19. The fourth-order valence-corrected chi connectivity index (χ4v) is 2.89. The van der Waals surface area contributed by atoms with E-state index in [9.17, 15) is 9.90 Å². The molecule has 92 valence electrons. The van der Waals surface area contributed by atoms with Crippen molar-refractivity contribution < 1.29 is 9.90 Å². The summed E-state index contributed by atoms with van der Waals surface area (Å²) >= 11 is 0. The Morgan fingerprint density at radius 3 is 2.94 bits per heavy atom. The fraction of sp³-hybridized carbons (Fsp3) is 0.571. The van der Waals surface area contributed by atoms with Gasteiger partial charge in [-0.15, -0.1) is 0 Å². The number of aromatic nitrogens is 1. The molecule has 0 aromatic carbocycles. The summed E-state index contributed by atoms with van der Waals surface area (Å²) < 4.78 is 0. The molecule has 0 radical (unpaired) electrons. The molecule has 0 aliphatic heterocycles. The number of carbonyl (C=O) groups is 1. The van der Waals surface area contributed by atoms with Crippen molar-refractivity contribution in [2.24, 2.45) is 11.8 Å². The van der Waals surface area contributed by atoms with Gasteiger partial charge < -0.3 is 5.11 Å². The van der Waals surface area contributed by atoms with E-state index >= 15 is 0 Å². The maximum absolute atomic E-state index is 11.3. The number of hydrogen-bond acceptors (Lipinski definition) is 2. The number of hydrogen-bond donors (Lipinski definition) is 1. The van der Waals surface area contributed by atoms with Gasteiger partial charge in [-0.2, -0.15) is 0 Å².